The van der Waals surface area contributed by atoms with E-state index in [0.717, 1.165) is 16.3 Å². The number of ether oxygens (including phenoxy) is 2. The Bertz CT molecular complexity index is 1060. The summed E-state index contributed by atoms with van der Waals surface area (Å²) in [5.41, 5.74) is 1.81. The molecule has 0 atom stereocenters. The molecule has 0 saturated carbocycles. The molecule has 0 saturated heterocycles. The van der Waals surface area contributed by atoms with E-state index >= 15 is 0 Å². The molecule has 2 aromatic heterocycles. The van der Waals surface area contributed by atoms with Gasteiger partial charge in [0.25, 0.3) is 11.5 Å². The topological polar surface area (TPSA) is 95.3 Å². The first-order valence-electron chi connectivity index (χ1n) is 9.09. The molecule has 2 heterocycles. The molecular formula is C20H22N4O4S. The smallest absolute Gasteiger partial charge is 0.271 e. The van der Waals surface area contributed by atoms with Crippen molar-refractivity contribution in [1.29, 1.82) is 0 Å². The molecule has 0 radical (unpaired) electrons. The number of carbonyl (C=O) groups excluding carboxylic acids is 1. The maximum Gasteiger partial charge on any atom is 0.271 e. The van der Waals surface area contributed by atoms with Gasteiger partial charge in [0.05, 0.1) is 19.9 Å². The van der Waals surface area contributed by atoms with Crippen molar-refractivity contribution in [3.05, 3.63) is 57.5 Å². The predicted molar refractivity (Wildman–Crippen MR) is 111 cm³/mol. The zero-order chi connectivity index (χ0) is 20.8. The van der Waals surface area contributed by atoms with Crippen molar-refractivity contribution in [2.24, 2.45) is 0 Å². The Morgan fingerprint density at radius 1 is 1.17 bits per heavy atom. The molecule has 1 N–H and O–H groups in total. The zero-order valence-electron chi connectivity index (χ0n) is 16.5. The molecule has 0 fully saturated rings. The van der Waals surface area contributed by atoms with Gasteiger partial charge in [0.1, 0.15) is 10.7 Å². The third-order valence-electron chi connectivity index (χ3n) is 4.25. The molecule has 29 heavy (non-hydrogen) atoms. The molecule has 8 nitrogen and oxygen atoms in total. The second kappa shape index (κ2) is 9.33. The molecule has 0 aliphatic rings. The summed E-state index contributed by atoms with van der Waals surface area (Å²) in [6, 6.07) is 8.44. The number of benzene rings is 1. The van der Waals surface area contributed by atoms with Crippen molar-refractivity contribution in [2.75, 3.05) is 20.8 Å². The van der Waals surface area contributed by atoms with Crippen molar-refractivity contribution < 1.29 is 14.3 Å². The van der Waals surface area contributed by atoms with Gasteiger partial charge in [-0.1, -0.05) is 0 Å². The minimum atomic E-state index is -0.317. The molecule has 0 unspecified atom stereocenters. The Balaban J connectivity index is 1.61. The van der Waals surface area contributed by atoms with Gasteiger partial charge < -0.3 is 14.8 Å². The molecule has 3 aromatic rings. The van der Waals surface area contributed by atoms with Crippen LogP contribution in [0.25, 0.3) is 10.6 Å². The zero-order valence-corrected chi connectivity index (χ0v) is 17.3. The first kappa shape index (κ1) is 20.5. The largest absolute Gasteiger partial charge is 0.493 e. The molecule has 3 rings (SSSR count). The number of carbonyl (C=O) groups is 1. The Morgan fingerprint density at radius 3 is 2.69 bits per heavy atom. The highest BCUT2D eigenvalue weighted by molar-refractivity contribution is 7.13. The van der Waals surface area contributed by atoms with Gasteiger partial charge in [0, 0.05) is 36.5 Å². The van der Waals surface area contributed by atoms with Crippen LogP contribution >= 0.6 is 11.3 Å². The first-order valence-corrected chi connectivity index (χ1v) is 9.96. The number of aromatic nitrogens is 3. The minimum Gasteiger partial charge on any atom is -0.493 e. The van der Waals surface area contributed by atoms with Gasteiger partial charge >= 0.3 is 0 Å². The van der Waals surface area contributed by atoms with Crippen molar-refractivity contribution in [3.8, 4) is 22.1 Å². The van der Waals surface area contributed by atoms with Crippen LogP contribution in [0.2, 0.25) is 0 Å². The van der Waals surface area contributed by atoms with Crippen LogP contribution in [-0.2, 0) is 13.0 Å². The van der Waals surface area contributed by atoms with Crippen LogP contribution in [-0.4, -0.2) is 41.4 Å². The van der Waals surface area contributed by atoms with Crippen LogP contribution in [0, 0.1) is 0 Å². The minimum absolute atomic E-state index is 0.218. The first-order chi connectivity index (χ1) is 14.0. The van der Waals surface area contributed by atoms with Crippen LogP contribution in [0.3, 0.4) is 0 Å². The second-order valence-corrected chi connectivity index (χ2v) is 6.95. The fourth-order valence-electron chi connectivity index (χ4n) is 2.71. The lowest BCUT2D eigenvalue weighted by Crippen LogP contribution is -2.30. The molecule has 0 bridgehead atoms. The van der Waals surface area contributed by atoms with E-state index in [1.54, 1.807) is 21.1 Å². The highest BCUT2D eigenvalue weighted by atomic mass is 32.1. The van der Waals surface area contributed by atoms with Gasteiger partial charge in [-0.3, -0.25) is 9.59 Å². The monoisotopic (exact) mass is 414 g/mol. The summed E-state index contributed by atoms with van der Waals surface area (Å²) in [5, 5.41) is 9.69. The number of rotatable bonds is 8. The third-order valence-corrected chi connectivity index (χ3v) is 5.19. The van der Waals surface area contributed by atoms with Crippen LogP contribution in [0.15, 0.2) is 40.5 Å². The van der Waals surface area contributed by atoms with Crippen molar-refractivity contribution in [3.63, 3.8) is 0 Å². The molecular weight excluding hydrogens is 392 g/mol. The van der Waals surface area contributed by atoms with E-state index < -0.39 is 0 Å². The van der Waals surface area contributed by atoms with Crippen LogP contribution < -0.4 is 20.3 Å². The lowest BCUT2D eigenvalue weighted by atomic mass is 10.2. The molecule has 0 aliphatic carbocycles. The number of thiazole rings is 1. The average Bonchev–Trinajstić information content (AvgIpc) is 3.22. The standard InChI is InChI=1S/C20H22N4O4S/c1-4-24-18(25)8-6-15(23-24)19(26)21-10-9-14-12-29-20(22-14)13-5-7-16(27-2)17(11-13)28-3/h5-8,11-12H,4,9-10H2,1-3H3,(H,21,26). The highest BCUT2D eigenvalue weighted by Crippen LogP contribution is 2.33. The number of amides is 1. The Labute approximate surface area is 172 Å². The van der Waals surface area contributed by atoms with E-state index in [1.807, 2.05) is 23.6 Å². The number of hydrogen-bond donors (Lipinski definition) is 1. The molecule has 9 heteroatoms. The number of methoxy groups -OCH3 is 2. The van der Waals surface area contributed by atoms with Crippen molar-refractivity contribution in [1.82, 2.24) is 20.1 Å². The van der Waals surface area contributed by atoms with Gasteiger partial charge in [0.2, 0.25) is 0 Å². The fraction of sp³-hybridized carbons (Fsp3) is 0.300. The summed E-state index contributed by atoms with van der Waals surface area (Å²) in [5.74, 6) is 0.997. The van der Waals surface area contributed by atoms with Crippen molar-refractivity contribution in [2.45, 2.75) is 19.9 Å². The third kappa shape index (κ3) is 4.80. The Morgan fingerprint density at radius 2 is 1.97 bits per heavy atom. The second-order valence-electron chi connectivity index (χ2n) is 6.09. The summed E-state index contributed by atoms with van der Waals surface area (Å²) < 4.78 is 11.9. The fourth-order valence-corrected chi connectivity index (χ4v) is 3.57. The van der Waals surface area contributed by atoms with Gasteiger partial charge in [0.15, 0.2) is 11.5 Å². The molecule has 152 valence electrons. The average molecular weight is 414 g/mol. The van der Waals surface area contributed by atoms with Gasteiger partial charge in [-0.25, -0.2) is 9.67 Å². The van der Waals surface area contributed by atoms with Gasteiger partial charge in [-0.2, -0.15) is 5.10 Å². The summed E-state index contributed by atoms with van der Waals surface area (Å²) in [6.07, 6.45) is 0.586. The Kier molecular flexibility index (Phi) is 6.61. The SMILES string of the molecule is CCn1nc(C(=O)NCCc2csc(-c3ccc(OC)c(OC)c3)n2)ccc1=O. The molecule has 0 aliphatic heterocycles. The van der Waals surface area contributed by atoms with Gasteiger partial charge in [-0.05, 0) is 31.2 Å². The predicted octanol–water partition coefficient (Wildman–Crippen LogP) is 2.38. The van der Waals surface area contributed by atoms with E-state index in [0.29, 0.717) is 31.0 Å². The summed E-state index contributed by atoms with van der Waals surface area (Å²) in [4.78, 5) is 28.4. The summed E-state index contributed by atoms with van der Waals surface area (Å²) in [6.45, 7) is 2.63. The summed E-state index contributed by atoms with van der Waals surface area (Å²) in [7, 11) is 3.19. The maximum atomic E-state index is 12.2. The summed E-state index contributed by atoms with van der Waals surface area (Å²) >= 11 is 1.53. The van der Waals surface area contributed by atoms with Crippen molar-refractivity contribution >= 4 is 17.2 Å². The quantitative estimate of drug-likeness (QED) is 0.608. The van der Waals surface area contributed by atoms with Crippen LogP contribution in [0.1, 0.15) is 23.1 Å². The maximum absolute atomic E-state index is 12.2. The van der Waals surface area contributed by atoms with E-state index in [2.05, 4.69) is 15.4 Å². The van der Waals surface area contributed by atoms with E-state index in [9.17, 15) is 9.59 Å². The number of hydrogen-bond acceptors (Lipinski definition) is 7. The van der Waals surface area contributed by atoms with Crippen LogP contribution in [0.4, 0.5) is 0 Å². The van der Waals surface area contributed by atoms with Crippen LogP contribution in [0.5, 0.6) is 11.5 Å². The van der Waals surface area contributed by atoms with E-state index in [4.69, 9.17) is 9.47 Å². The van der Waals surface area contributed by atoms with E-state index in [-0.39, 0.29) is 17.2 Å². The molecule has 0 spiro atoms. The lowest BCUT2D eigenvalue weighted by molar-refractivity contribution is 0.0946. The highest BCUT2D eigenvalue weighted by Gasteiger charge is 2.11. The normalized spacial score (nSPS) is 10.6. The Hall–Kier alpha value is -3.20. The van der Waals surface area contributed by atoms with E-state index in [1.165, 1.54) is 28.2 Å². The number of aryl methyl sites for hydroxylation is 1. The lowest BCUT2D eigenvalue weighted by Gasteiger charge is -2.08. The molecule has 1 amide bonds. The van der Waals surface area contributed by atoms with Gasteiger partial charge in [-0.15, -0.1) is 11.3 Å². The number of nitrogens with zero attached hydrogens (tertiary/aromatic N) is 3. The molecule has 1 aromatic carbocycles. The number of nitrogens with one attached hydrogen (secondary N) is 1.